The zero-order chi connectivity index (χ0) is 24.5. The number of aromatic hydroxyl groups is 2. The Kier molecular flexibility index (Phi) is 6.63. The Morgan fingerprint density at radius 2 is 1.56 bits per heavy atom. The van der Waals surface area contributed by atoms with Gasteiger partial charge >= 0.3 is 0 Å². The number of phenols is 2. The van der Waals surface area contributed by atoms with Crippen molar-refractivity contribution in [1.82, 2.24) is 0 Å². The van der Waals surface area contributed by atoms with Gasteiger partial charge in [0, 0.05) is 11.8 Å². The molecule has 0 saturated carbocycles. The highest BCUT2D eigenvalue weighted by Crippen LogP contribution is 2.33. The molecule has 0 radical (unpaired) electrons. The Bertz CT molecular complexity index is 1440. The Morgan fingerprint density at radius 3 is 2.12 bits per heavy atom. The molecule has 0 unspecified atom stereocenters. The molecule has 7 nitrogen and oxygen atoms in total. The number of carbonyl (C=O) groups is 1. The molecule has 0 aliphatic rings. The summed E-state index contributed by atoms with van der Waals surface area (Å²) in [6.07, 6.45) is 0. The lowest BCUT2D eigenvalue weighted by molar-refractivity contribution is 0.0982. The van der Waals surface area contributed by atoms with E-state index >= 15 is 0 Å². The smallest absolute Gasteiger partial charge is 0.262 e. The Labute approximate surface area is 205 Å². The minimum absolute atomic E-state index is 0.0211. The molecule has 0 atom stereocenters. The maximum absolute atomic E-state index is 13.4. The zero-order valence-corrected chi connectivity index (χ0v) is 19.9. The first-order valence-electron chi connectivity index (χ1n) is 9.91. The summed E-state index contributed by atoms with van der Waals surface area (Å²) in [7, 11) is -3.78. The van der Waals surface area contributed by atoms with E-state index in [0.717, 1.165) is 22.8 Å². The number of nitrogens with two attached hydrogens (primary N) is 1. The summed E-state index contributed by atoms with van der Waals surface area (Å²) in [5.74, 6) is -1.19. The van der Waals surface area contributed by atoms with Gasteiger partial charge in [-0.05, 0) is 63.8 Å². The maximum Gasteiger partial charge on any atom is 0.262 e. The zero-order valence-electron chi connectivity index (χ0n) is 17.6. The molecule has 4 rings (SSSR count). The topological polar surface area (TPSA) is 121 Å². The Hall–Kier alpha value is -3.37. The van der Waals surface area contributed by atoms with E-state index in [4.69, 9.17) is 16.7 Å². The van der Waals surface area contributed by atoms with Gasteiger partial charge in [0.1, 0.15) is 11.5 Å². The van der Waals surface area contributed by atoms with Gasteiger partial charge in [-0.1, -0.05) is 35.9 Å². The highest BCUT2D eigenvalue weighted by molar-refractivity contribution is 7.89. The number of rotatable bonds is 6. The summed E-state index contributed by atoms with van der Waals surface area (Å²) in [6, 6.07) is 17.5. The number of hydrogen-bond acceptors (Lipinski definition) is 6. The molecular weight excluding hydrogens is 496 g/mol. The lowest BCUT2D eigenvalue weighted by atomic mass is 10.0. The first kappa shape index (κ1) is 23.8. The molecule has 0 aliphatic carbocycles. The van der Waals surface area contributed by atoms with Crippen LogP contribution in [0.4, 0.5) is 5.69 Å². The van der Waals surface area contributed by atoms with Crippen molar-refractivity contribution in [2.45, 2.75) is 11.4 Å². The Morgan fingerprint density at radius 1 is 0.941 bits per heavy atom. The van der Waals surface area contributed by atoms with E-state index in [1.165, 1.54) is 34.4 Å². The molecule has 10 heteroatoms. The van der Waals surface area contributed by atoms with Crippen LogP contribution < -0.4 is 10.0 Å². The number of carbonyl (C=O) groups excluding carboxylic acids is 1. The summed E-state index contributed by atoms with van der Waals surface area (Å²) in [6.45, 7) is 0.253. The van der Waals surface area contributed by atoms with Crippen LogP contribution in [0.3, 0.4) is 0 Å². The van der Waals surface area contributed by atoms with Gasteiger partial charge in [-0.2, -0.15) is 11.3 Å². The van der Waals surface area contributed by atoms with E-state index in [1.807, 2.05) is 16.8 Å². The number of sulfonamides is 1. The molecule has 0 saturated heterocycles. The number of thiophene rings is 1. The van der Waals surface area contributed by atoms with E-state index in [-0.39, 0.29) is 33.5 Å². The molecule has 0 spiro atoms. The van der Waals surface area contributed by atoms with Gasteiger partial charge in [0.2, 0.25) is 10.0 Å². The second kappa shape index (κ2) is 9.47. The first-order chi connectivity index (χ1) is 16.1. The van der Waals surface area contributed by atoms with Gasteiger partial charge in [-0.3, -0.25) is 4.79 Å². The van der Waals surface area contributed by atoms with Crippen LogP contribution in [0.25, 0.3) is 11.1 Å². The van der Waals surface area contributed by atoms with E-state index in [1.54, 1.807) is 36.4 Å². The largest absolute Gasteiger partial charge is 0.507 e. The van der Waals surface area contributed by atoms with Crippen LogP contribution in [0.5, 0.6) is 11.5 Å². The molecule has 3 aromatic carbocycles. The molecule has 174 valence electrons. The minimum atomic E-state index is -3.78. The molecular formula is C24H19ClN2O5S2. The summed E-state index contributed by atoms with van der Waals surface area (Å²) in [5, 5.41) is 28.9. The van der Waals surface area contributed by atoms with E-state index in [9.17, 15) is 23.4 Å². The fourth-order valence-electron chi connectivity index (χ4n) is 3.38. The average molecular weight is 515 g/mol. The molecule has 0 fully saturated rings. The van der Waals surface area contributed by atoms with Gasteiger partial charge in [0.05, 0.1) is 22.0 Å². The number of primary sulfonamides is 1. The highest BCUT2D eigenvalue weighted by Gasteiger charge is 2.23. The van der Waals surface area contributed by atoms with Crippen molar-refractivity contribution >= 4 is 44.6 Å². The van der Waals surface area contributed by atoms with Crippen LogP contribution >= 0.6 is 22.9 Å². The van der Waals surface area contributed by atoms with Crippen molar-refractivity contribution in [1.29, 1.82) is 0 Å². The number of hydrogen-bond donors (Lipinski definition) is 3. The molecule has 4 N–H and O–H groups in total. The molecule has 34 heavy (non-hydrogen) atoms. The monoisotopic (exact) mass is 514 g/mol. The molecule has 4 aromatic rings. The molecule has 1 amide bonds. The standard InChI is InChI=1S/C24H19ClN2O5S2/c25-21-11-20(22(28)12-23(21)29)24(30)27(13-15-9-10-33-14-15)18-5-1-16(2-6-18)17-3-7-19(8-4-17)34(26,31)32/h1-12,14,28-29H,13H2,(H2,26,31,32). The van der Waals surface area contributed by atoms with Crippen molar-refractivity contribution < 1.29 is 23.4 Å². The quantitative estimate of drug-likeness (QED) is 0.335. The predicted molar refractivity (Wildman–Crippen MR) is 133 cm³/mol. The fraction of sp³-hybridized carbons (Fsp3) is 0.0417. The third-order valence-electron chi connectivity index (χ3n) is 5.16. The van der Waals surface area contributed by atoms with Gasteiger partial charge in [-0.15, -0.1) is 0 Å². The van der Waals surface area contributed by atoms with E-state index in [0.29, 0.717) is 5.69 Å². The SMILES string of the molecule is NS(=O)(=O)c1ccc(-c2ccc(N(Cc3ccsc3)C(=O)c3cc(Cl)c(O)cc3O)cc2)cc1. The van der Waals surface area contributed by atoms with Crippen LogP contribution in [0, 0.1) is 0 Å². The predicted octanol–water partition coefficient (Wildman–Crippen LogP) is 4.97. The number of amides is 1. The van der Waals surface area contributed by atoms with E-state index < -0.39 is 15.9 Å². The average Bonchev–Trinajstić information content (AvgIpc) is 3.32. The second-order valence-corrected chi connectivity index (χ2v) is 10.2. The third-order valence-corrected chi connectivity index (χ3v) is 7.12. The van der Waals surface area contributed by atoms with E-state index in [2.05, 4.69) is 0 Å². The Balaban J connectivity index is 1.68. The highest BCUT2D eigenvalue weighted by atomic mass is 35.5. The number of nitrogens with zero attached hydrogens (tertiary/aromatic N) is 1. The summed E-state index contributed by atoms with van der Waals surface area (Å²) in [5.41, 5.74) is 3.02. The number of anilines is 1. The number of phenolic OH excluding ortho intramolecular Hbond substituents is 2. The van der Waals surface area contributed by atoms with Gasteiger partial charge in [-0.25, -0.2) is 13.6 Å². The molecule has 0 aliphatic heterocycles. The van der Waals surface area contributed by atoms with Crippen LogP contribution in [0.2, 0.25) is 5.02 Å². The first-order valence-corrected chi connectivity index (χ1v) is 12.8. The van der Waals surface area contributed by atoms with Gasteiger partial charge < -0.3 is 15.1 Å². The third kappa shape index (κ3) is 5.07. The summed E-state index contributed by atoms with van der Waals surface area (Å²) >= 11 is 7.48. The van der Waals surface area contributed by atoms with Crippen molar-refractivity contribution in [2.24, 2.45) is 5.14 Å². The van der Waals surface area contributed by atoms with Crippen molar-refractivity contribution in [3.63, 3.8) is 0 Å². The normalized spacial score (nSPS) is 11.4. The van der Waals surface area contributed by atoms with Crippen molar-refractivity contribution in [2.75, 3.05) is 4.90 Å². The second-order valence-electron chi connectivity index (χ2n) is 7.46. The summed E-state index contributed by atoms with van der Waals surface area (Å²) in [4.78, 5) is 14.9. The van der Waals surface area contributed by atoms with Gasteiger partial charge in [0.25, 0.3) is 5.91 Å². The lowest BCUT2D eigenvalue weighted by Crippen LogP contribution is -2.30. The molecule has 1 heterocycles. The maximum atomic E-state index is 13.4. The molecule has 0 bridgehead atoms. The van der Waals surface area contributed by atoms with Crippen LogP contribution in [0.1, 0.15) is 15.9 Å². The summed E-state index contributed by atoms with van der Waals surface area (Å²) < 4.78 is 23.0. The van der Waals surface area contributed by atoms with Crippen LogP contribution in [0.15, 0.2) is 82.4 Å². The molecule has 1 aromatic heterocycles. The van der Waals surface area contributed by atoms with Crippen LogP contribution in [-0.2, 0) is 16.6 Å². The lowest BCUT2D eigenvalue weighted by Gasteiger charge is -2.23. The number of halogens is 1. The number of benzene rings is 3. The fourth-order valence-corrected chi connectivity index (χ4v) is 4.72. The van der Waals surface area contributed by atoms with Crippen molar-refractivity contribution in [3.05, 3.63) is 93.6 Å². The van der Waals surface area contributed by atoms with Crippen molar-refractivity contribution in [3.8, 4) is 22.6 Å². The minimum Gasteiger partial charge on any atom is -0.507 e. The van der Waals surface area contributed by atoms with Crippen LogP contribution in [-0.4, -0.2) is 24.5 Å². The van der Waals surface area contributed by atoms with Gasteiger partial charge in [0.15, 0.2) is 0 Å².